The van der Waals surface area contributed by atoms with Crippen molar-refractivity contribution < 1.29 is 14.6 Å². The van der Waals surface area contributed by atoms with E-state index in [-0.39, 0.29) is 13.2 Å². The highest BCUT2D eigenvalue weighted by Crippen LogP contribution is 2.20. The van der Waals surface area contributed by atoms with Gasteiger partial charge in [-0.1, -0.05) is 36.4 Å². The van der Waals surface area contributed by atoms with Crippen LogP contribution in [0.2, 0.25) is 0 Å². The van der Waals surface area contributed by atoms with Crippen LogP contribution >= 0.6 is 0 Å². The van der Waals surface area contributed by atoms with Crippen molar-refractivity contribution in [2.75, 3.05) is 26.3 Å². The molecule has 5 heteroatoms. The molecule has 0 fully saturated rings. The Balaban J connectivity index is 1.68. The quantitative estimate of drug-likeness (QED) is 0.684. The lowest BCUT2D eigenvalue weighted by atomic mass is 10.2. The zero-order valence-corrected chi connectivity index (χ0v) is 14.4. The molecule has 1 aliphatic heterocycles. The van der Waals surface area contributed by atoms with Crippen molar-refractivity contribution >= 4 is 0 Å². The summed E-state index contributed by atoms with van der Waals surface area (Å²) in [7, 11) is 0. The molecule has 0 unspecified atom stereocenters. The Labute approximate surface area is 149 Å². The van der Waals surface area contributed by atoms with Crippen LogP contribution in [0, 0.1) is 0 Å². The summed E-state index contributed by atoms with van der Waals surface area (Å²) in [5.74, 6) is 1.61. The number of hydrogen-bond donors (Lipinski definition) is 3. The summed E-state index contributed by atoms with van der Waals surface area (Å²) in [6.07, 6.45) is 0.361. The monoisotopic (exact) mass is 342 g/mol. The molecule has 0 aromatic heterocycles. The molecule has 0 spiro atoms. The maximum absolute atomic E-state index is 10.2. The number of aliphatic hydroxyl groups excluding tert-OH is 1. The minimum Gasteiger partial charge on any atom is -0.490 e. The Morgan fingerprint density at radius 1 is 0.760 bits per heavy atom. The summed E-state index contributed by atoms with van der Waals surface area (Å²) < 4.78 is 11.6. The third-order valence-corrected chi connectivity index (χ3v) is 4.15. The van der Waals surface area contributed by atoms with E-state index in [0.29, 0.717) is 0 Å². The van der Waals surface area contributed by atoms with E-state index >= 15 is 0 Å². The Bertz CT molecular complexity index is 607. The number of rotatable bonds is 0. The molecule has 0 atom stereocenters. The van der Waals surface area contributed by atoms with Crippen LogP contribution in [0.5, 0.6) is 11.5 Å². The number of ether oxygens (including phenoxy) is 2. The first-order valence-electron chi connectivity index (χ1n) is 8.84. The van der Waals surface area contributed by atoms with Gasteiger partial charge in [0.05, 0.1) is 0 Å². The van der Waals surface area contributed by atoms with Crippen LogP contribution in [-0.4, -0.2) is 37.5 Å². The fraction of sp³-hybridized carbons (Fsp3) is 0.400. The van der Waals surface area contributed by atoms with Gasteiger partial charge in [-0.2, -0.15) is 0 Å². The van der Waals surface area contributed by atoms with Crippen LogP contribution in [0.15, 0.2) is 48.5 Å². The zero-order chi connectivity index (χ0) is 17.3. The first-order valence-corrected chi connectivity index (χ1v) is 8.84. The van der Waals surface area contributed by atoms with Crippen LogP contribution in [0.25, 0.3) is 0 Å². The maximum atomic E-state index is 10.2. The molecular weight excluding hydrogens is 316 g/mol. The summed E-state index contributed by atoms with van der Waals surface area (Å²) in [4.78, 5) is 0. The average molecular weight is 342 g/mol. The average Bonchev–Trinajstić information content (AvgIpc) is 2.64. The van der Waals surface area contributed by atoms with E-state index in [1.165, 1.54) is 0 Å². The molecule has 1 heterocycles. The molecule has 3 rings (SSSR count). The summed E-state index contributed by atoms with van der Waals surface area (Å²) in [5, 5.41) is 17.1. The van der Waals surface area contributed by atoms with E-state index in [9.17, 15) is 5.11 Å². The largest absolute Gasteiger partial charge is 0.490 e. The number of aliphatic hydroxyl groups is 1. The van der Waals surface area contributed by atoms with Gasteiger partial charge in [-0.05, 0) is 31.6 Å². The molecule has 0 saturated carbocycles. The molecule has 1 aliphatic rings. The minimum atomic E-state index is -0.685. The number of hydrogen-bond acceptors (Lipinski definition) is 5. The van der Waals surface area contributed by atoms with Crippen molar-refractivity contribution in [1.29, 1.82) is 0 Å². The first kappa shape index (κ1) is 17.7. The number of nitrogens with one attached hydrogen (secondary N) is 2. The van der Waals surface area contributed by atoms with E-state index in [1.54, 1.807) is 0 Å². The fourth-order valence-electron chi connectivity index (χ4n) is 2.79. The van der Waals surface area contributed by atoms with Gasteiger partial charge < -0.3 is 25.2 Å². The number of fused-ring (bicyclic) bond motifs is 2. The van der Waals surface area contributed by atoms with E-state index in [1.807, 2.05) is 48.5 Å². The lowest BCUT2D eigenvalue weighted by molar-refractivity contribution is 0.0619. The van der Waals surface area contributed by atoms with Crippen LogP contribution in [-0.2, 0) is 13.1 Å². The molecule has 2 aromatic rings. The van der Waals surface area contributed by atoms with E-state index in [4.69, 9.17) is 9.47 Å². The summed E-state index contributed by atoms with van der Waals surface area (Å²) in [5.41, 5.74) is 2.20. The molecule has 0 saturated heterocycles. The minimum absolute atomic E-state index is 0.206. The van der Waals surface area contributed by atoms with Crippen LogP contribution in [0.4, 0.5) is 0 Å². The zero-order valence-electron chi connectivity index (χ0n) is 14.4. The topological polar surface area (TPSA) is 62.8 Å². The Morgan fingerprint density at radius 2 is 1.24 bits per heavy atom. The highest BCUT2D eigenvalue weighted by molar-refractivity contribution is 5.34. The lowest BCUT2D eigenvalue weighted by Gasteiger charge is -2.18. The summed E-state index contributed by atoms with van der Waals surface area (Å²) >= 11 is 0. The second-order valence-electron chi connectivity index (χ2n) is 6.20. The third kappa shape index (κ3) is 5.46. The first-order chi connectivity index (χ1) is 12.3. The van der Waals surface area contributed by atoms with Gasteiger partial charge in [0.2, 0.25) is 0 Å². The van der Waals surface area contributed by atoms with Crippen molar-refractivity contribution in [2.45, 2.75) is 25.6 Å². The molecule has 134 valence electrons. The summed E-state index contributed by atoms with van der Waals surface area (Å²) in [6.45, 7) is 3.79. The van der Waals surface area contributed by atoms with Gasteiger partial charge in [-0.15, -0.1) is 0 Å². The summed E-state index contributed by atoms with van der Waals surface area (Å²) in [6, 6.07) is 15.8. The van der Waals surface area contributed by atoms with Gasteiger partial charge in [0.1, 0.15) is 30.8 Å². The third-order valence-electron chi connectivity index (χ3n) is 4.15. The van der Waals surface area contributed by atoms with Gasteiger partial charge in [-0.3, -0.25) is 0 Å². The van der Waals surface area contributed by atoms with Gasteiger partial charge >= 0.3 is 0 Å². The maximum Gasteiger partial charge on any atom is 0.123 e. The molecule has 2 aromatic carbocycles. The molecule has 25 heavy (non-hydrogen) atoms. The van der Waals surface area contributed by atoms with E-state index in [0.717, 1.165) is 55.2 Å². The SMILES string of the molecule is OC1COc2ccccc2CNCCCNCc2ccccc2OC1. The van der Waals surface area contributed by atoms with Gasteiger partial charge in [0.25, 0.3) is 0 Å². The van der Waals surface area contributed by atoms with Crippen molar-refractivity contribution in [3.05, 3.63) is 59.7 Å². The Kier molecular flexibility index (Phi) is 6.68. The van der Waals surface area contributed by atoms with Crippen molar-refractivity contribution in [1.82, 2.24) is 10.6 Å². The predicted molar refractivity (Wildman–Crippen MR) is 97.9 cm³/mol. The fourth-order valence-corrected chi connectivity index (χ4v) is 2.79. The molecule has 0 radical (unpaired) electrons. The number of para-hydroxylation sites is 2. The van der Waals surface area contributed by atoms with Crippen molar-refractivity contribution in [3.63, 3.8) is 0 Å². The van der Waals surface area contributed by atoms with Crippen molar-refractivity contribution in [3.8, 4) is 11.5 Å². The predicted octanol–water partition coefficient (Wildman–Crippen LogP) is 2.09. The Morgan fingerprint density at radius 3 is 1.76 bits per heavy atom. The second kappa shape index (κ2) is 9.42. The normalized spacial score (nSPS) is 17.6. The highest BCUT2D eigenvalue weighted by atomic mass is 16.5. The molecule has 3 N–H and O–H groups in total. The van der Waals surface area contributed by atoms with Gasteiger partial charge in [0.15, 0.2) is 0 Å². The van der Waals surface area contributed by atoms with E-state index < -0.39 is 6.10 Å². The van der Waals surface area contributed by atoms with E-state index in [2.05, 4.69) is 10.6 Å². The van der Waals surface area contributed by atoms with Gasteiger partial charge in [-0.25, -0.2) is 0 Å². The highest BCUT2D eigenvalue weighted by Gasteiger charge is 2.11. The molecular formula is C20H26N2O3. The Hall–Kier alpha value is -2.08. The lowest BCUT2D eigenvalue weighted by Crippen LogP contribution is -2.27. The van der Waals surface area contributed by atoms with Crippen LogP contribution in [0.3, 0.4) is 0 Å². The molecule has 0 amide bonds. The molecule has 5 nitrogen and oxygen atoms in total. The molecule has 0 aliphatic carbocycles. The van der Waals surface area contributed by atoms with Crippen LogP contribution in [0.1, 0.15) is 17.5 Å². The standard InChI is InChI=1S/C20H26N2O3/c23-18-14-24-19-8-3-1-6-16(19)12-21-10-5-11-22-13-17-7-2-4-9-20(17)25-15-18/h1-4,6-9,18,21-23H,5,10-15H2. The number of benzene rings is 2. The smallest absolute Gasteiger partial charge is 0.123 e. The van der Waals surface area contributed by atoms with Gasteiger partial charge in [0, 0.05) is 24.2 Å². The molecule has 0 bridgehead atoms. The van der Waals surface area contributed by atoms with Crippen molar-refractivity contribution in [2.24, 2.45) is 0 Å². The van der Waals surface area contributed by atoms with Crippen LogP contribution < -0.4 is 20.1 Å². The second-order valence-corrected chi connectivity index (χ2v) is 6.20.